The number of carbonyl (C=O) groups excluding carboxylic acids is 2. The molecule has 0 radical (unpaired) electrons. The Morgan fingerprint density at radius 3 is 2.16 bits per heavy atom. The summed E-state index contributed by atoms with van der Waals surface area (Å²) < 4.78 is 72.2. The lowest BCUT2D eigenvalue weighted by Crippen LogP contribution is -2.42. The number of nitrogens with zero attached hydrogens (tertiary/aromatic N) is 3. The quantitative estimate of drug-likeness (QED) is 0.160. The Bertz CT molecular complexity index is 1560. The normalized spacial score (nSPS) is 11.1. The topological polar surface area (TPSA) is 193 Å². The molecule has 0 spiro atoms. The van der Waals surface area contributed by atoms with Crippen molar-refractivity contribution in [1.82, 2.24) is 30.6 Å². The lowest BCUT2D eigenvalue weighted by molar-refractivity contribution is -0.192. The fourth-order valence-electron chi connectivity index (χ4n) is 3.33. The van der Waals surface area contributed by atoms with Crippen LogP contribution in [0.4, 0.5) is 42.8 Å². The highest BCUT2D eigenvalue weighted by Gasteiger charge is 2.38. The van der Waals surface area contributed by atoms with Crippen LogP contribution < -0.4 is 32.8 Å². The summed E-state index contributed by atoms with van der Waals surface area (Å²) in [4.78, 5) is 54.2. The number of benzene rings is 1. The monoisotopic (exact) mass is 632 g/mol. The second kappa shape index (κ2) is 14.7. The number of aliphatic carboxylic acids is 1. The molecule has 13 nitrogen and oxygen atoms in total. The number of urea groups is 1. The number of carbonyl (C=O) groups is 3. The maximum atomic E-state index is 13.1. The molecule has 7 N–H and O–H groups in total. The number of anilines is 2. The number of aromatic nitrogens is 3. The van der Waals surface area contributed by atoms with Gasteiger partial charge in [0.05, 0.1) is 5.56 Å². The molecule has 0 aliphatic carbocycles. The van der Waals surface area contributed by atoms with Crippen molar-refractivity contribution < 1.29 is 45.8 Å². The van der Waals surface area contributed by atoms with Crippen molar-refractivity contribution in [3.8, 4) is 0 Å². The number of amides is 3. The van der Waals surface area contributed by atoms with Crippen LogP contribution in [-0.4, -0.2) is 43.7 Å². The number of nitrogen functional groups attached to an aromatic ring is 1. The predicted molar refractivity (Wildman–Crippen MR) is 143 cm³/mol. The molecule has 0 unspecified atom stereocenters. The van der Waals surface area contributed by atoms with Gasteiger partial charge in [-0.15, -0.1) is 0 Å². The van der Waals surface area contributed by atoms with Gasteiger partial charge in [0.1, 0.15) is 12.4 Å². The second-order valence-corrected chi connectivity index (χ2v) is 8.79. The molecule has 2 aromatic heterocycles. The molecule has 0 bridgehead atoms. The van der Waals surface area contributed by atoms with E-state index in [1.54, 1.807) is 26.0 Å². The maximum absolute atomic E-state index is 13.1. The van der Waals surface area contributed by atoms with Gasteiger partial charge in [0.15, 0.2) is 0 Å². The van der Waals surface area contributed by atoms with Gasteiger partial charge < -0.3 is 21.5 Å². The van der Waals surface area contributed by atoms with Crippen LogP contribution in [0.3, 0.4) is 0 Å². The maximum Gasteiger partial charge on any atom is 0.490 e. The van der Waals surface area contributed by atoms with Crippen molar-refractivity contribution >= 4 is 29.5 Å². The van der Waals surface area contributed by atoms with E-state index >= 15 is 0 Å². The summed E-state index contributed by atoms with van der Waals surface area (Å²) in [6.07, 6.45) is -8.33. The van der Waals surface area contributed by atoms with E-state index in [0.717, 1.165) is 16.2 Å². The van der Waals surface area contributed by atoms with Crippen molar-refractivity contribution in [1.29, 1.82) is 0 Å². The van der Waals surface area contributed by atoms with Crippen LogP contribution in [0.1, 0.15) is 28.1 Å². The first kappa shape index (κ1) is 34.8. The first-order valence-electron chi connectivity index (χ1n) is 12.2. The third-order valence-corrected chi connectivity index (χ3v) is 5.55. The van der Waals surface area contributed by atoms with Gasteiger partial charge in [-0.1, -0.05) is 24.3 Å². The number of hydrazine groups is 1. The fourth-order valence-corrected chi connectivity index (χ4v) is 3.33. The number of nitrogens with two attached hydrogens (primary N) is 1. The Morgan fingerprint density at radius 2 is 1.57 bits per heavy atom. The number of carboxylic acids is 1. The van der Waals surface area contributed by atoms with E-state index < -0.39 is 47.9 Å². The molecule has 0 aliphatic heterocycles. The molecule has 3 aromatic rings. The molecule has 0 aliphatic rings. The SMILES string of the molecule is Cc1nc(N)ccc1CNC(=O)Cn1c(C)cnc(NNC(=O)NCc2ccccc2C(F)(F)F)c1=O.O=C(O)C(F)(F)F. The van der Waals surface area contributed by atoms with Gasteiger partial charge in [-0.05, 0) is 37.1 Å². The number of alkyl halides is 6. The summed E-state index contributed by atoms with van der Waals surface area (Å²) in [5, 5.41) is 12.1. The second-order valence-electron chi connectivity index (χ2n) is 8.79. The van der Waals surface area contributed by atoms with Gasteiger partial charge >= 0.3 is 24.4 Å². The lowest BCUT2D eigenvalue weighted by Gasteiger charge is -2.15. The van der Waals surface area contributed by atoms with Crippen molar-refractivity contribution in [2.75, 3.05) is 11.2 Å². The largest absolute Gasteiger partial charge is 0.490 e. The van der Waals surface area contributed by atoms with Crippen LogP contribution in [-0.2, 0) is 35.4 Å². The zero-order valence-electron chi connectivity index (χ0n) is 22.9. The number of halogens is 6. The summed E-state index contributed by atoms with van der Waals surface area (Å²) in [7, 11) is 0. The Morgan fingerprint density at radius 1 is 0.955 bits per heavy atom. The van der Waals surface area contributed by atoms with Crippen LogP contribution >= 0.6 is 0 Å². The number of hydrogen-bond donors (Lipinski definition) is 6. The summed E-state index contributed by atoms with van der Waals surface area (Å²) in [6.45, 7) is 2.80. The van der Waals surface area contributed by atoms with E-state index in [0.29, 0.717) is 17.2 Å². The van der Waals surface area contributed by atoms with Crippen LogP contribution in [0.15, 0.2) is 47.4 Å². The molecule has 0 atom stereocenters. The third-order valence-electron chi connectivity index (χ3n) is 5.55. The standard InChI is InChI=1S/C23H25F3N8O3.C2HF3O2/c1-13-9-29-20(32-33-22(37)30-11-16-5-3-4-6-17(16)23(24,25)26)21(36)34(13)12-19(35)28-10-15-7-8-18(27)31-14(15)2;3-2(4,5)1(6)7/h3-9H,10-12H2,1-2H3,(H2,27,31)(H,28,35)(H,29,32)(H2,30,33,37);(H,6,7). The highest BCUT2D eigenvalue weighted by molar-refractivity contribution is 5.76. The molecule has 2 heterocycles. The molecule has 238 valence electrons. The number of aryl methyl sites for hydroxylation is 2. The molecular formula is C25H26F6N8O5. The smallest absolute Gasteiger partial charge is 0.475 e. The molecule has 3 amide bonds. The van der Waals surface area contributed by atoms with E-state index in [9.17, 15) is 40.7 Å². The number of rotatable bonds is 8. The summed E-state index contributed by atoms with van der Waals surface area (Å²) in [5.74, 6) is -3.14. The van der Waals surface area contributed by atoms with Gasteiger partial charge in [-0.25, -0.2) is 19.6 Å². The van der Waals surface area contributed by atoms with Crippen molar-refractivity contribution in [2.45, 2.75) is 45.8 Å². The highest BCUT2D eigenvalue weighted by Crippen LogP contribution is 2.31. The summed E-state index contributed by atoms with van der Waals surface area (Å²) >= 11 is 0. The number of hydrogen-bond acceptors (Lipinski definition) is 8. The van der Waals surface area contributed by atoms with Crippen LogP contribution in [0.2, 0.25) is 0 Å². The van der Waals surface area contributed by atoms with Gasteiger partial charge in [-0.3, -0.25) is 25.0 Å². The van der Waals surface area contributed by atoms with Gasteiger partial charge in [0, 0.05) is 30.7 Å². The van der Waals surface area contributed by atoms with Crippen molar-refractivity contribution in [2.24, 2.45) is 0 Å². The Hall–Kier alpha value is -5.36. The number of carboxylic acid groups (broad SMARTS) is 1. The van der Waals surface area contributed by atoms with Gasteiger partial charge in [-0.2, -0.15) is 26.3 Å². The van der Waals surface area contributed by atoms with Crippen molar-refractivity contribution in [3.63, 3.8) is 0 Å². The van der Waals surface area contributed by atoms with Crippen LogP contribution in [0.25, 0.3) is 0 Å². The molecule has 0 saturated carbocycles. The van der Waals surface area contributed by atoms with E-state index in [4.69, 9.17) is 15.6 Å². The van der Waals surface area contributed by atoms with Crippen molar-refractivity contribution in [3.05, 3.63) is 81.0 Å². The zero-order chi connectivity index (χ0) is 33.2. The van der Waals surface area contributed by atoms with Gasteiger partial charge in [0.2, 0.25) is 11.7 Å². The summed E-state index contributed by atoms with van der Waals surface area (Å²) in [5.41, 5.74) is 10.2. The molecule has 19 heteroatoms. The first-order chi connectivity index (χ1) is 20.4. The Kier molecular flexibility index (Phi) is 11.6. The van der Waals surface area contributed by atoms with E-state index in [2.05, 4.69) is 31.5 Å². The predicted octanol–water partition coefficient (Wildman–Crippen LogP) is 2.63. The molecule has 44 heavy (non-hydrogen) atoms. The Labute approximate surface area is 244 Å². The molecule has 0 saturated heterocycles. The average molecular weight is 633 g/mol. The molecule has 1 aromatic carbocycles. The lowest BCUT2D eigenvalue weighted by atomic mass is 10.1. The zero-order valence-corrected chi connectivity index (χ0v) is 22.9. The number of pyridine rings is 1. The van der Waals surface area contributed by atoms with Crippen LogP contribution in [0, 0.1) is 13.8 Å². The first-order valence-corrected chi connectivity index (χ1v) is 12.2. The fraction of sp³-hybridized carbons (Fsp3) is 0.280. The molecular weight excluding hydrogens is 606 g/mol. The minimum Gasteiger partial charge on any atom is -0.475 e. The van der Waals surface area contributed by atoms with Gasteiger partial charge in [0.25, 0.3) is 5.56 Å². The van der Waals surface area contributed by atoms with Crippen LogP contribution in [0.5, 0.6) is 0 Å². The average Bonchev–Trinajstić information content (AvgIpc) is 2.92. The summed E-state index contributed by atoms with van der Waals surface area (Å²) in [6, 6.07) is 7.28. The van der Waals surface area contributed by atoms with E-state index in [1.807, 2.05) is 0 Å². The minimum atomic E-state index is -5.08. The Balaban J connectivity index is 0.000000860. The highest BCUT2D eigenvalue weighted by atomic mass is 19.4. The number of nitrogens with one attached hydrogen (secondary N) is 4. The molecule has 3 rings (SSSR count). The third kappa shape index (κ3) is 10.5. The van der Waals surface area contributed by atoms with E-state index in [-0.39, 0.29) is 24.5 Å². The minimum absolute atomic E-state index is 0.128. The van der Waals surface area contributed by atoms with E-state index in [1.165, 1.54) is 24.4 Å². The molecule has 0 fully saturated rings.